The van der Waals surface area contributed by atoms with Crippen LogP contribution in [0.25, 0.3) is 0 Å². The first-order valence-corrected chi connectivity index (χ1v) is 8.50. The maximum absolute atomic E-state index is 11.7. The van der Waals surface area contributed by atoms with Gasteiger partial charge in [-0.25, -0.2) is 0 Å². The summed E-state index contributed by atoms with van der Waals surface area (Å²) in [5.74, 6) is 1.62. The minimum atomic E-state index is -0.0489. The zero-order valence-electron chi connectivity index (χ0n) is 13.9. The summed E-state index contributed by atoms with van der Waals surface area (Å²) in [6, 6.07) is 4.70. The highest BCUT2D eigenvalue weighted by Gasteiger charge is 2.31. The molecule has 0 amide bonds. The molecule has 2 aliphatic rings. The van der Waals surface area contributed by atoms with E-state index in [-0.39, 0.29) is 5.56 Å². The number of nitrogens with zero attached hydrogens (tertiary/aromatic N) is 6. The summed E-state index contributed by atoms with van der Waals surface area (Å²) in [6.07, 6.45) is 7.25. The van der Waals surface area contributed by atoms with Gasteiger partial charge in [0, 0.05) is 50.5 Å². The van der Waals surface area contributed by atoms with Gasteiger partial charge in [0.2, 0.25) is 0 Å². The number of likely N-dealkylation sites (N-methyl/N-ethyl adjacent to an activating group) is 1. The van der Waals surface area contributed by atoms with Crippen molar-refractivity contribution in [3.63, 3.8) is 0 Å². The Morgan fingerprint density at radius 1 is 1.25 bits per heavy atom. The Kier molecular flexibility index (Phi) is 4.02. The van der Waals surface area contributed by atoms with E-state index in [0.29, 0.717) is 18.5 Å². The Labute approximate surface area is 140 Å². The number of rotatable bonds is 6. The van der Waals surface area contributed by atoms with Crippen molar-refractivity contribution in [3.8, 4) is 0 Å². The average molecular weight is 326 g/mol. The van der Waals surface area contributed by atoms with E-state index in [1.165, 1.54) is 19.0 Å². The van der Waals surface area contributed by atoms with E-state index in [0.717, 1.165) is 31.1 Å². The summed E-state index contributed by atoms with van der Waals surface area (Å²) in [5, 5.41) is 8.72. The lowest BCUT2D eigenvalue weighted by Crippen LogP contribution is -2.59. The van der Waals surface area contributed by atoms with Gasteiger partial charge in [-0.15, -0.1) is 5.10 Å². The van der Waals surface area contributed by atoms with Crippen molar-refractivity contribution in [1.82, 2.24) is 24.6 Å². The van der Waals surface area contributed by atoms with Gasteiger partial charge >= 0.3 is 0 Å². The third-order valence-electron chi connectivity index (χ3n) is 4.97. The molecule has 7 nitrogen and oxygen atoms in total. The Balaban J connectivity index is 1.27. The summed E-state index contributed by atoms with van der Waals surface area (Å²) in [5.41, 5.74) is 1.09. The van der Waals surface area contributed by atoms with Crippen molar-refractivity contribution in [1.29, 1.82) is 0 Å². The second kappa shape index (κ2) is 6.32. The smallest absolute Gasteiger partial charge is 0.269 e. The van der Waals surface area contributed by atoms with Crippen LogP contribution in [-0.2, 0) is 6.54 Å². The Hall–Kier alpha value is -2.28. The lowest BCUT2D eigenvalue weighted by molar-refractivity contribution is 0.197. The molecule has 126 valence electrons. The summed E-state index contributed by atoms with van der Waals surface area (Å²) in [6.45, 7) is 3.44. The number of anilines is 1. The van der Waals surface area contributed by atoms with E-state index in [1.54, 1.807) is 17.0 Å². The summed E-state index contributed by atoms with van der Waals surface area (Å²) in [4.78, 5) is 20.0. The van der Waals surface area contributed by atoms with Gasteiger partial charge < -0.3 is 9.47 Å². The maximum atomic E-state index is 11.7. The van der Waals surface area contributed by atoms with E-state index < -0.39 is 0 Å². The standard InChI is InChI=1S/C17H22N6O/c1-21(8-9-22-7-6-18-10-17(22)24)14-11-23(12-14)16-5-4-15(19-20-16)13-2-3-13/h4-7,10,13-14H,2-3,8-9,11-12H2,1H3. The normalized spacial score (nSPS) is 18.0. The highest BCUT2D eigenvalue weighted by molar-refractivity contribution is 5.42. The van der Waals surface area contributed by atoms with Crippen LogP contribution < -0.4 is 10.5 Å². The molecule has 0 spiro atoms. The first-order chi connectivity index (χ1) is 11.7. The summed E-state index contributed by atoms with van der Waals surface area (Å²) in [7, 11) is 2.11. The van der Waals surface area contributed by atoms with Crippen molar-refractivity contribution in [2.75, 3.05) is 31.6 Å². The molecule has 1 aliphatic carbocycles. The topological polar surface area (TPSA) is 67.2 Å². The van der Waals surface area contributed by atoms with Crippen molar-refractivity contribution in [3.05, 3.63) is 46.8 Å². The second-order valence-electron chi connectivity index (χ2n) is 6.74. The van der Waals surface area contributed by atoms with Crippen LogP contribution >= 0.6 is 0 Å². The third-order valence-corrected chi connectivity index (χ3v) is 4.97. The van der Waals surface area contributed by atoms with Crippen molar-refractivity contribution in [2.45, 2.75) is 31.3 Å². The highest BCUT2D eigenvalue weighted by Crippen LogP contribution is 2.38. The molecule has 2 aromatic rings. The molecule has 7 heteroatoms. The summed E-state index contributed by atoms with van der Waals surface area (Å²) >= 11 is 0. The third kappa shape index (κ3) is 3.17. The van der Waals surface area contributed by atoms with Crippen LogP contribution in [0.4, 0.5) is 5.82 Å². The van der Waals surface area contributed by atoms with E-state index >= 15 is 0 Å². The van der Waals surface area contributed by atoms with Gasteiger partial charge in [-0.1, -0.05) is 0 Å². The Bertz CT molecular complexity index is 748. The minimum Gasteiger partial charge on any atom is -0.352 e. The molecule has 2 fully saturated rings. The largest absolute Gasteiger partial charge is 0.352 e. The molecule has 2 aromatic heterocycles. The van der Waals surface area contributed by atoms with E-state index in [4.69, 9.17) is 0 Å². The SMILES string of the molecule is CN(CCn1ccncc1=O)C1CN(c2ccc(C3CC3)nn2)C1. The Morgan fingerprint density at radius 2 is 2.08 bits per heavy atom. The van der Waals surface area contributed by atoms with E-state index in [1.807, 2.05) is 0 Å². The van der Waals surface area contributed by atoms with Gasteiger partial charge in [-0.2, -0.15) is 5.10 Å². The fourth-order valence-electron chi connectivity index (χ4n) is 3.03. The van der Waals surface area contributed by atoms with Crippen LogP contribution in [-0.4, -0.2) is 57.4 Å². The van der Waals surface area contributed by atoms with Crippen LogP contribution in [0.15, 0.2) is 35.5 Å². The predicted octanol–water partition coefficient (Wildman–Crippen LogP) is 0.731. The zero-order chi connectivity index (χ0) is 16.5. The first-order valence-electron chi connectivity index (χ1n) is 8.50. The lowest BCUT2D eigenvalue weighted by atomic mass is 10.1. The molecular weight excluding hydrogens is 304 g/mol. The van der Waals surface area contributed by atoms with Crippen LogP contribution in [0.3, 0.4) is 0 Å². The van der Waals surface area contributed by atoms with Crippen molar-refractivity contribution < 1.29 is 0 Å². The molecule has 4 rings (SSSR count). The Morgan fingerprint density at radius 3 is 2.75 bits per heavy atom. The first kappa shape index (κ1) is 15.3. The molecule has 24 heavy (non-hydrogen) atoms. The van der Waals surface area contributed by atoms with Gasteiger partial charge in [0.1, 0.15) is 0 Å². The fraction of sp³-hybridized carbons (Fsp3) is 0.529. The maximum Gasteiger partial charge on any atom is 0.269 e. The average Bonchev–Trinajstić information content (AvgIpc) is 3.38. The fourth-order valence-corrected chi connectivity index (χ4v) is 3.03. The van der Waals surface area contributed by atoms with Crippen LogP contribution in [0.1, 0.15) is 24.5 Å². The zero-order valence-corrected chi connectivity index (χ0v) is 13.9. The van der Waals surface area contributed by atoms with Crippen LogP contribution in [0.5, 0.6) is 0 Å². The molecule has 1 saturated carbocycles. The van der Waals surface area contributed by atoms with Gasteiger partial charge in [0.25, 0.3) is 5.56 Å². The molecule has 0 bridgehead atoms. The second-order valence-corrected chi connectivity index (χ2v) is 6.74. The molecule has 0 radical (unpaired) electrons. The van der Waals surface area contributed by atoms with Crippen LogP contribution in [0, 0.1) is 0 Å². The molecule has 0 atom stereocenters. The van der Waals surface area contributed by atoms with Crippen LogP contribution in [0.2, 0.25) is 0 Å². The van der Waals surface area contributed by atoms with Gasteiger partial charge in [0.15, 0.2) is 5.82 Å². The molecular formula is C17H22N6O. The molecule has 0 N–H and O–H groups in total. The number of hydrogen-bond donors (Lipinski definition) is 0. The molecule has 1 aliphatic heterocycles. The number of hydrogen-bond acceptors (Lipinski definition) is 6. The van der Waals surface area contributed by atoms with E-state index in [2.05, 4.69) is 44.2 Å². The number of aromatic nitrogens is 4. The predicted molar refractivity (Wildman–Crippen MR) is 91.1 cm³/mol. The van der Waals surface area contributed by atoms with Crippen molar-refractivity contribution in [2.24, 2.45) is 0 Å². The van der Waals surface area contributed by atoms with Gasteiger partial charge in [-0.05, 0) is 32.0 Å². The molecule has 3 heterocycles. The lowest BCUT2D eigenvalue weighted by Gasteiger charge is -2.44. The van der Waals surface area contributed by atoms with Crippen molar-refractivity contribution >= 4 is 5.82 Å². The molecule has 0 unspecified atom stereocenters. The highest BCUT2D eigenvalue weighted by atomic mass is 16.1. The molecule has 0 aromatic carbocycles. The van der Waals surface area contributed by atoms with Gasteiger partial charge in [0.05, 0.1) is 11.9 Å². The van der Waals surface area contributed by atoms with E-state index in [9.17, 15) is 4.79 Å². The minimum absolute atomic E-state index is 0.0489. The molecule has 1 saturated heterocycles. The van der Waals surface area contributed by atoms with Gasteiger partial charge in [-0.3, -0.25) is 14.7 Å². The monoisotopic (exact) mass is 326 g/mol. The quantitative estimate of drug-likeness (QED) is 0.780. The summed E-state index contributed by atoms with van der Waals surface area (Å²) < 4.78 is 1.70.